The highest BCUT2D eigenvalue weighted by molar-refractivity contribution is 5.92. The summed E-state index contributed by atoms with van der Waals surface area (Å²) in [6, 6.07) is 2.27. The van der Waals surface area contributed by atoms with Crippen molar-refractivity contribution in [2.45, 2.75) is 44.6 Å². The van der Waals surface area contributed by atoms with E-state index in [9.17, 15) is 4.79 Å². The van der Waals surface area contributed by atoms with Gasteiger partial charge in [0.05, 0.1) is 0 Å². The standard InChI is InChI=1S/C14H21N3O2/c1-2-17-7-3-4-11(17)9-15-14(18)12-8-13(19-16-12)10-5-6-10/h8,10-11H,2-7,9H2,1H3,(H,15,18). The zero-order valence-electron chi connectivity index (χ0n) is 11.4. The first kappa shape index (κ1) is 12.7. The van der Waals surface area contributed by atoms with E-state index in [0.29, 0.717) is 24.2 Å². The molecule has 5 heteroatoms. The van der Waals surface area contributed by atoms with Crippen LogP contribution in [0.25, 0.3) is 0 Å². The van der Waals surface area contributed by atoms with Crippen molar-refractivity contribution in [1.29, 1.82) is 0 Å². The molecule has 1 saturated heterocycles. The summed E-state index contributed by atoms with van der Waals surface area (Å²) < 4.78 is 5.20. The molecule has 1 aliphatic carbocycles. The molecule has 0 bridgehead atoms. The van der Waals surface area contributed by atoms with Gasteiger partial charge in [0.15, 0.2) is 5.69 Å². The first-order valence-corrected chi connectivity index (χ1v) is 7.26. The predicted molar refractivity (Wildman–Crippen MR) is 71.1 cm³/mol. The fourth-order valence-electron chi connectivity index (χ4n) is 2.80. The zero-order chi connectivity index (χ0) is 13.2. The third-order valence-corrected chi connectivity index (χ3v) is 4.14. The van der Waals surface area contributed by atoms with Crippen molar-refractivity contribution in [3.05, 3.63) is 17.5 Å². The maximum absolute atomic E-state index is 12.0. The number of aromatic nitrogens is 1. The highest BCUT2D eigenvalue weighted by Gasteiger charge is 2.29. The van der Waals surface area contributed by atoms with Gasteiger partial charge in [0.1, 0.15) is 5.76 Å². The van der Waals surface area contributed by atoms with E-state index in [1.165, 1.54) is 12.8 Å². The van der Waals surface area contributed by atoms with E-state index >= 15 is 0 Å². The van der Waals surface area contributed by atoms with E-state index in [2.05, 4.69) is 22.3 Å². The molecule has 0 radical (unpaired) electrons. The van der Waals surface area contributed by atoms with Gasteiger partial charge in [-0.2, -0.15) is 0 Å². The summed E-state index contributed by atoms with van der Waals surface area (Å²) in [6.07, 6.45) is 4.71. The SMILES string of the molecule is CCN1CCCC1CNC(=O)c1cc(C2CC2)on1. The van der Waals surface area contributed by atoms with Crippen LogP contribution in [0, 0.1) is 0 Å². The Morgan fingerprint density at radius 2 is 2.37 bits per heavy atom. The molecule has 1 amide bonds. The number of nitrogens with one attached hydrogen (secondary N) is 1. The normalized spacial score (nSPS) is 23.7. The molecule has 1 aliphatic heterocycles. The molecule has 1 unspecified atom stereocenters. The smallest absolute Gasteiger partial charge is 0.273 e. The van der Waals surface area contributed by atoms with Gasteiger partial charge in [0, 0.05) is 24.6 Å². The van der Waals surface area contributed by atoms with Crippen LogP contribution >= 0.6 is 0 Å². The zero-order valence-corrected chi connectivity index (χ0v) is 11.4. The summed E-state index contributed by atoms with van der Waals surface area (Å²) in [5.74, 6) is 1.25. The summed E-state index contributed by atoms with van der Waals surface area (Å²) in [5, 5.41) is 6.84. The topological polar surface area (TPSA) is 58.4 Å². The number of amides is 1. The van der Waals surface area contributed by atoms with Gasteiger partial charge in [0.2, 0.25) is 0 Å². The number of carbonyl (C=O) groups is 1. The van der Waals surface area contributed by atoms with Gasteiger partial charge < -0.3 is 9.84 Å². The van der Waals surface area contributed by atoms with Gasteiger partial charge in [-0.3, -0.25) is 9.69 Å². The number of likely N-dealkylation sites (N-methyl/N-ethyl adjacent to an activating group) is 1. The van der Waals surface area contributed by atoms with Gasteiger partial charge in [-0.1, -0.05) is 12.1 Å². The monoisotopic (exact) mass is 263 g/mol. The number of nitrogens with zero attached hydrogens (tertiary/aromatic N) is 2. The molecule has 104 valence electrons. The Kier molecular flexibility index (Phi) is 3.55. The molecule has 1 aromatic rings. The number of rotatable bonds is 5. The van der Waals surface area contributed by atoms with Crippen LogP contribution in [0.5, 0.6) is 0 Å². The minimum atomic E-state index is -0.112. The molecule has 0 spiro atoms. The summed E-state index contributed by atoms with van der Waals surface area (Å²) in [7, 11) is 0. The first-order chi connectivity index (χ1) is 9.28. The van der Waals surface area contributed by atoms with E-state index in [-0.39, 0.29) is 5.91 Å². The second kappa shape index (κ2) is 5.33. The van der Waals surface area contributed by atoms with Crippen molar-refractivity contribution in [1.82, 2.24) is 15.4 Å². The molecule has 1 saturated carbocycles. The summed E-state index contributed by atoms with van der Waals surface area (Å²) in [5.41, 5.74) is 0.419. The van der Waals surface area contributed by atoms with Crippen LogP contribution in [-0.4, -0.2) is 41.6 Å². The lowest BCUT2D eigenvalue weighted by Gasteiger charge is -2.22. The Hall–Kier alpha value is -1.36. The third-order valence-electron chi connectivity index (χ3n) is 4.14. The molecule has 2 fully saturated rings. The summed E-state index contributed by atoms with van der Waals surface area (Å²) >= 11 is 0. The number of carbonyl (C=O) groups excluding carboxylic acids is 1. The van der Waals surface area contributed by atoms with Gasteiger partial charge in [0.25, 0.3) is 5.91 Å². The predicted octanol–water partition coefficient (Wildman–Crippen LogP) is 1.77. The van der Waals surface area contributed by atoms with Crippen molar-refractivity contribution in [3.63, 3.8) is 0 Å². The molecule has 1 N–H and O–H groups in total. The molecule has 1 aromatic heterocycles. The Morgan fingerprint density at radius 1 is 1.53 bits per heavy atom. The second-order valence-electron chi connectivity index (χ2n) is 5.52. The van der Waals surface area contributed by atoms with Gasteiger partial charge >= 0.3 is 0 Å². The van der Waals surface area contributed by atoms with Crippen molar-refractivity contribution in [3.8, 4) is 0 Å². The van der Waals surface area contributed by atoms with Crippen LogP contribution in [0.15, 0.2) is 10.6 Å². The molecular formula is C14H21N3O2. The molecule has 2 aliphatic rings. The number of hydrogen-bond acceptors (Lipinski definition) is 4. The molecule has 2 heterocycles. The summed E-state index contributed by atoms with van der Waals surface area (Å²) in [4.78, 5) is 14.4. The lowest BCUT2D eigenvalue weighted by atomic mass is 10.2. The highest BCUT2D eigenvalue weighted by atomic mass is 16.5. The maximum Gasteiger partial charge on any atom is 0.273 e. The van der Waals surface area contributed by atoms with Gasteiger partial charge in [-0.05, 0) is 38.8 Å². The molecular weight excluding hydrogens is 242 g/mol. The van der Waals surface area contributed by atoms with Gasteiger partial charge in [-0.25, -0.2) is 0 Å². The molecule has 3 rings (SSSR count). The Balaban J connectivity index is 1.52. The van der Waals surface area contributed by atoms with E-state index < -0.39 is 0 Å². The fourth-order valence-corrected chi connectivity index (χ4v) is 2.80. The average Bonchev–Trinajstić information content (AvgIpc) is 3.00. The Morgan fingerprint density at radius 3 is 3.11 bits per heavy atom. The van der Waals surface area contributed by atoms with E-state index in [1.807, 2.05) is 0 Å². The van der Waals surface area contributed by atoms with Gasteiger partial charge in [-0.15, -0.1) is 0 Å². The van der Waals surface area contributed by atoms with Crippen molar-refractivity contribution < 1.29 is 9.32 Å². The van der Waals surface area contributed by atoms with Crippen LogP contribution in [0.2, 0.25) is 0 Å². The van der Waals surface area contributed by atoms with Crippen LogP contribution in [0.3, 0.4) is 0 Å². The van der Waals surface area contributed by atoms with E-state index in [0.717, 1.165) is 31.7 Å². The average molecular weight is 263 g/mol. The molecule has 5 nitrogen and oxygen atoms in total. The summed E-state index contributed by atoms with van der Waals surface area (Å²) in [6.45, 7) is 5.07. The highest BCUT2D eigenvalue weighted by Crippen LogP contribution is 2.40. The number of likely N-dealkylation sites (tertiary alicyclic amines) is 1. The Bertz CT molecular complexity index is 453. The molecule has 0 aromatic carbocycles. The van der Waals surface area contributed by atoms with E-state index in [1.54, 1.807) is 6.07 Å². The maximum atomic E-state index is 12.0. The number of hydrogen-bond donors (Lipinski definition) is 1. The second-order valence-corrected chi connectivity index (χ2v) is 5.52. The quantitative estimate of drug-likeness (QED) is 0.879. The van der Waals surface area contributed by atoms with E-state index in [4.69, 9.17) is 4.52 Å². The minimum absolute atomic E-state index is 0.112. The van der Waals surface area contributed by atoms with Crippen molar-refractivity contribution >= 4 is 5.91 Å². The lowest BCUT2D eigenvalue weighted by Crippen LogP contribution is -2.40. The molecule has 1 atom stereocenters. The van der Waals surface area contributed by atoms with Crippen LogP contribution in [0.1, 0.15) is 54.8 Å². The first-order valence-electron chi connectivity index (χ1n) is 7.26. The largest absolute Gasteiger partial charge is 0.360 e. The van der Waals surface area contributed by atoms with Crippen LogP contribution in [0.4, 0.5) is 0 Å². The Labute approximate surface area is 113 Å². The fraction of sp³-hybridized carbons (Fsp3) is 0.714. The third kappa shape index (κ3) is 2.81. The molecule has 19 heavy (non-hydrogen) atoms. The lowest BCUT2D eigenvalue weighted by molar-refractivity contribution is 0.0932. The minimum Gasteiger partial charge on any atom is -0.360 e. The van der Waals surface area contributed by atoms with Crippen LogP contribution in [-0.2, 0) is 0 Å². The van der Waals surface area contributed by atoms with Crippen molar-refractivity contribution in [2.75, 3.05) is 19.6 Å². The van der Waals surface area contributed by atoms with Crippen molar-refractivity contribution in [2.24, 2.45) is 0 Å². The van der Waals surface area contributed by atoms with Crippen LogP contribution < -0.4 is 5.32 Å².